The second-order valence-electron chi connectivity index (χ2n) is 7.06. The summed E-state index contributed by atoms with van der Waals surface area (Å²) in [5, 5.41) is 25.4. The number of fused-ring (bicyclic) bond motifs is 1. The van der Waals surface area contributed by atoms with Crippen LogP contribution in [-0.4, -0.2) is 44.6 Å². The lowest BCUT2D eigenvalue weighted by Crippen LogP contribution is -2.23. The van der Waals surface area contributed by atoms with E-state index in [1.54, 1.807) is 25.1 Å². The van der Waals surface area contributed by atoms with Crippen LogP contribution in [0, 0.1) is 10.1 Å². The summed E-state index contributed by atoms with van der Waals surface area (Å²) in [5.41, 5.74) is -0.119. The molecule has 0 saturated carbocycles. The van der Waals surface area contributed by atoms with E-state index in [0.717, 1.165) is 10.7 Å². The van der Waals surface area contributed by atoms with Gasteiger partial charge < -0.3 is 14.6 Å². The first kappa shape index (κ1) is 24.8. The van der Waals surface area contributed by atoms with Gasteiger partial charge in [0, 0.05) is 22.5 Å². The molecular weight excluding hydrogens is 512 g/mol. The zero-order valence-corrected chi connectivity index (χ0v) is 20.1. The van der Waals surface area contributed by atoms with Gasteiger partial charge in [-0.1, -0.05) is 22.9 Å². The summed E-state index contributed by atoms with van der Waals surface area (Å²) < 4.78 is 12.6. The molecule has 0 fully saturated rings. The number of carboxylic acids is 1. The van der Waals surface area contributed by atoms with Gasteiger partial charge in [0.1, 0.15) is 5.82 Å². The summed E-state index contributed by atoms with van der Waals surface area (Å²) in [6.07, 6.45) is 0.348. The Morgan fingerprint density at radius 2 is 2.09 bits per heavy atom. The van der Waals surface area contributed by atoms with Gasteiger partial charge in [-0.2, -0.15) is 9.78 Å². The molecule has 0 bridgehead atoms. The highest BCUT2D eigenvalue weighted by atomic mass is 79.9. The van der Waals surface area contributed by atoms with Crippen LogP contribution >= 0.6 is 15.9 Å². The van der Waals surface area contributed by atoms with Crippen molar-refractivity contribution < 1.29 is 24.3 Å². The largest absolute Gasteiger partial charge is 0.490 e. The van der Waals surface area contributed by atoms with Crippen molar-refractivity contribution >= 4 is 44.7 Å². The Labute approximate surface area is 201 Å². The summed E-state index contributed by atoms with van der Waals surface area (Å²) >= 11 is 3.34. The number of nitrogens with zero attached hydrogens (tertiary/aromatic N) is 4. The Hall–Kier alpha value is -3.80. The van der Waals surface area contributed by atoms with Gasteiger partial charge in [-0.05, 0) is 38.1 Å². The zero-order chi connectivity index (χ0) is 25.0. The Morgan fingerprint density at radius 3 is 2.71 bits per heavy atom. The Morgan fingerprint density at radius 1 is 1.35 bits per heavy atom. The first-order chi connectivity index (χ1) is 16.2. The molecule has 0 amide bonds. The average molecular weight is 533 g/mol. The van der Waals surface area contributed by atoms with Crippen molar-refractivity contribution in [2.75, 3.05) is 6.61 Å². The smallest absolute Gasteiger partial charge is 0.344 e. The average Bonchev–Trinajstić information content (AvgIpc) is 2.79. The minimum atomic E-state index is -1.34. The van der Waals surface area contributed by atoms with Crippen LogP contribution in [0.25, 0.3) is 10.9 Å². The molecule has 1 aromatic heterocycles. The molecule has 2 aromatic carbocycles. The molecule has 3 rings (SSSR count). The van der Waals surface area contributed by atoms with Crippen LogP contribution in [0.4, 0.5) is 5.69 Å². The Bertz CT molecular complexity index is 1350. The first-order valence-corrected chi connectivity index (χ1v) is 11.1. The number of benzene rings is 2. The lowest BCUT2D eigenvalue weighted by atomic mass is 10.1. The van der Waals surface area contributed by atoms with Crippen molar-refractivity contribution in [2.45, 2.75) is 33.3 Å². The summed E-state index contributed by atoms with van der Waals surface area (Å²) in [6, 6.07) is 7.74. The number of aryl methyl sites for hydroxylation is 1. The van der Waals surface area contributed by atoms with Gasteiger partial charge in [0.05, 0.1) is 28.6 Å². The van der Waals surface area contributed by atoms with Crippen LogP contribution in [0.2, 0.25) is 0 Å². The van der Waals surface area contributed by atoms with Crippen molar-refractivity contribution in [3.05, 3.63) is 66.7 Å². The van der Waals surface area contributed by atoms with E-state index in [1.165, 1.54) is 19.2 Å². The lowest BCUT2D eigenvalue weighted by molar-refractivity contribution is -0.386. The maximum atomic E-state index is 13.0. The molecular formula is C22H21BrN4O7. The molecule has 1 atom stereocenters. The molecule has 178 valence electrons. The Kier molecular flexibility index (Phi) is 7.61. The molecule has 0 aliphatic heterocycles. The zero-order valence-electron chi connectivity index (χ0n) is 18.5. The van der Waals surface area contributed by atoms with E-state index in [1.807, 2.05) is 6.92 Å². The van der Waals surface area contributed by atoms with Crippen molar-refractivity contribution in [1.82, 2.24) is 9.66 Å². The predicted octanol–water partition coefficient (Wildman–Crippen LogP) is 3.76. The molecule has 34 heavy (non-hydrogen) atoms. The number of ether oxygens (including phenoxy) is 2. The summed E-state index contributed by atoms with van der Waals surface area (Å²) in [6.45, 7) is 4.90. The van der Waals surface area contributed by atoms with Crippen LogP contribution in [-0.2, 0) is 11.2 Å². The number of nitro benzene ring substituents is 1. The topological polar surface area (TPSA) is 146 Å². The minimum Gasteiger partial charge on any atom is -0.490 e. The second-order valence-corrected chi connectivity index (χ2v) is 7.98. The van der Waals surface area contributed by atoms with E-state index >= 15 is 0 Å². The quantitative estimate of drug-likeness (QED) is 0.249. The molecule has 0 saturated heterocycles. The summed E-state index contributed by atoms with van der Waals surface area (Å²) in [5.74, 6) is -1.20. The molecule has 1 N–H and O–H groups in total. The fraction of sp³-hybridized carbons (Fsp3) is 0.273. The summed E-state index contributed by atoms with van der Waals surface area (Å²) in [4.78, 5) is 39.7. The number of hydrogen-bond donors (Lipinski definition) is 1. The number of nitro groups is 1. The minimum absolute atomic E-state index is 0.0186. The van der Waals surface area contributed by atoms with E-state index in [0.29, 0.717) is 27.6 Å². The van der Waals surface area contributed by atoms with E-state index in [-0.39, 0.29) is 23.7 Å². The highest BCUT2D eigenvalue weighted by Crippen LogP contribution is 2.39. The maximum absolute atomic E-state index is 13.0. The van der Waals surface area contributed by atoms with Crippen molar-refractivity contribution in [2.24, 2.45) is 5.10 Å². The second kappa shape index (κ2) is 10.4. The van der Waals surface area contributed by atoms with Gasteiger partial charge in [-0.25, -0.2) is 9.78 Å². The third kappa shape index (κ3) is 5.22. The molecule has 12 heteroatoms. The SMILES string of the molecule is CCOc1cc(C=Nn2c(CC)nc3ccc(Br)cc3c2=O)cc([N+](=O)[O-])c1O[C@@H](C)C(=O)O. The normalized spacial score (nSPS) is 12.1. The van der Waals surface area contributed by atoms with E-state index in [4.69, 9.17) is 14.6 Å². The van der Waals surface area contributed by atoms with Crippen molar-refractivity contribution in [3.8, 4) is 11.5 Å². The van der Waals surface area contributed by atoms with Crippen molar-refractivity contribution in [1.29, 1.82) is 0 Å². The number of carbonyl (C=O) groups is 1. The monoisotopic (exact) mass is 532 g/mol. The molecule has 0 radical (unpaired) electrons. The van der Waals surface area contributed by atoms with Crippen LogP contribution in [0.15, 0.2) is 44.7 Å². The van der Waals surface area contributed by atoms with Gasteiger partial charge in [-0.15, -0.1) is 0 Å². The van der Waals surface area contributed by atoms with E-state index in [2.05, 4.69) is 26.0 Å². The highest BCUT2D eigenvalue weighted by Gasteiger charge is 2.26. The standard InChI is InChI=1S/C22H21BrN4O7/c1-4-19-25-16-7-6-14(23)10-15(16)21(28)26(19)24-11-13-8-17(27(31)32)20(18(9-13)33-5-2)34-12(3)22(29)30/h6-12H,4-5H2,1-3H3,(H,29,30)/t12-/m0/s1. The molecule has 0 aliphatic rings. The predicted molar refractivity (Wildman–Crippen MR) is 128 cm³/mol. The molecule has 11 nitrogen and oxygen atoms in total. The molecule has 0 spiro atoms. The van der Waals surface area contributed by atoms with Gasteiger partial charge in [0.2, 0.25) is 5.75 Å². The number of aromatic nitrogens is 2. The van der Waals surface area contributed by atoms with Gasteiger partial charge in [0.25, 0.3) is 5.56 Å². The van der Waals surface area contributed by atoms with Crippen LogP contribution in [0.3, 0.4) is 0 Å². The molecule has 1 heterocycles. The molecule has 0 unspecified atom stereocenters. The number of hydrogen-bond acceptors (Lipinski definition) is 8. The third-order valence-electron chi connectivity index (χ3n) is 4.71. The van der Waals surface area contributed by atoms with Gasteiger partial charge >= 0.3 is 11.7 Å². The number of carboxylic acid groups (broad SMARTS) is 1. The molecule has 0 aliphatic carbocycles. The third-order valence-corrected chi connectivity index (χ3v) is 5.20. The van der Waals surface area contributed by atoms with E-state index < -0.39 is 28.2 Å². The van der Waals surface area contributed by atoms with Gasteiger partial charge in [0.15, 0.2) is 11.9 Å². The highest BCUT2D eigenvalue weighted by molar-refractivity contribution is 9.10. The van der Waals surface area contributed by atoms with Gasteiger partial charge in [-0.3, -0.25) is 14.9 Å². The van der Waals surface area contributed by atoms with Crippen LogP contribution in [0.1, 0.15) is 32.2 Å². The first-order valence-electron chi connectivity index (χ1n) is 10.3. The summed E-state index contributed by atoms with van der Waals surface area (Å²) in [7, 11) is 0. The maximum Gasteiger partial charge on any atom is 0.344 e. The molecule has 3 aromatic rings. The number of halogens is 1. The van der Waals surface area contributed by atoms with Crippen LogP contribution in [0.5, 0.6) is 11.5 Å². The number of rotatable bonds is 9. The van der Waals surface area contributed by atoms with E-state index in [9.17, 15) is 19.7 Å². The van der Waals surface area contributed by atoms with Crippen LogP contribution < -0.4 is 15.0 Å². The fourth-order valence-corrected chi connectivity index (χ4v) is 3.45. The number of aliphatic carboxylic acids is 1. The lowest BCUT2D eigenvalue weighted by Gasteiger charge is -2.15. The Balaban J connectivity index is 2.14. The van der Waals surface area contributed by atoms with Crippen molar-refractivity contribution in [3.63, 3.8) is 0 Å². The fourth-order valence-electron chi connectivity index (χ4n) is 3.09.